The van der Waals surface area contributed by atoms with Crippen molar-refractivity contribution < 1.29 is 36.2 Å². The molecule has 0 aliphatic rings. The fourth-order valence-electron chi connectivity index (χ4n) is 1.43. The molecule has 0 radical (unpaired) electrons. The average molecular weight is 340 g/mol. The summed E-state index contributed by atoms with van der Waals surface area (Å²) in [5, 5.41) is 9.56. The van der Waals surface area contributed by atoms with Crippen molar-refractivity contribution in [2.75, 3.05) is 0 Å². The number of rotatable bonds is 4. The number of ether oxygens (including phenoxy) is 1. The van der Waals surface area contributed by atoms with Gasteiger partial charge in [-0.3, -0.25) is 0 Å². The molecule has 0 spiro atoms. The van der Waals surface area contributed by atoms with Crippen molar-refractivity contribution in [1.82, 2.24) is 0 Å². The maximum Gasteiger partial charge on any atom is 0.573 e. The van der Waals surface area contributed by atoms with Crippen LogP contribution in [0.2, 0.25) is 0 Å². The summed E-state index contributed by atoms with van der Waals surface area (Å²) in [6.45, 7) is 0. The Labute approximate surface area is 122 Å². The molecule has 0 amide bonds. The van der Waals surface area contributed by atoms with Crippen molar-refractivity contribution in [3.8, 4) is 5.75 Å². The lowest BCUT2D eigenvalue weighted by atomic mass is 10.0. The molecule has 0 aliphatic carbocycles. The van der Waals surface area contributed by atoms with Crippen LogP contribution in [0.15, 0.2) is 24.3 Å². The molecule has 0 unspecified atom stereocenters. The summed E-state index contributed by atoms with van der Waals surface area (Å²) in [5.74, 6) is -0.630. The zero-order chi connectivity index (χ0) is 15.6. The molecule has 0 saturated carbocycles. The lowest BCUT2D eigenvalue weighted by Gasteiger charge is -2.19. The minimum absolute atomic E-state index is 0. The van der Waals surface area contributed by atoms with Crippen LogP contribution in [0.3, 0.4) is 0 Å². The quantitative estimate of drug-likeness (QED) is 0.827. The van der Waals surface area contributed by atoms with Gasteiger partial charge in [0.25, 0.3) is 0 Å². The SMILES string of the molecule is Cl.N[C@H](C[C@@H](O)c1cccc(OC(F)(F)F)c1)C(F)(F)F. The van der Waals surface area contributed by atoms with Gasteiger partial charge in [-0.1, -0.05) is 12.1 Å². The van der Waals surface area contributed by atoms with E-state index in [-0.39, 0.29) is 18.0 Å². The summed E-state index contributed by atoms with van der Waals surface area (Å²) >= 11 is 0. The topological polar surface area (TPSA) is 55.5 Å². The Morgan fingerprint density at radius 1 is 1.14 bits per heavy atom. The van der Waals surface area contributed by atoms with Crippen LogP contribution in [-0.4, -0.2) is 23.7 Å². The lowest BCUT2D eigenvalue weighted by molar-refractivity contribution is -0.274. The van der Waals surface area contributed by atoms with E-state index in [1.807, 2.05) is 0 Å². The molecule has 0 heterocycles. The third-order valence-electron chi connectivity index (χ3n) is 2.37. The Kier molecular flexibility index (Phi) is 6.78. The second-order valence-corrected chi connectivity index (χ2v) is 4.02. The molecule has 21 heavy (non-hydrogen) atoms. The minimum Gasteiger partial charge on any atom is -0.406 e. The van der Waals surface area contributed by atoms with E-state index in [1.165, 1.54) is 6.07 Å². The number of halogens is 7. The highest BCUT2D eigenvalue weighted by Crippen LogP contribution is 2.29. The summed E-state index contributed by atoms with van der Waals surface area (Å²) in [7, 11) is 0. The molecule has 1 aromatic carbocycles. The molecule has 2 atom stereocenters. The normalized spacial score (nSPS) is 15.0. The first-order valence-corrected chi connectivity index (χ1v) is 5.35. The number of benzene rings is 1. The van der Waals surface area contributed by atoms with Gasteiger partial charge >= 0.3 is 12.5 Å². The first-order valence-electron chi connectivity index (χ1n) is 5.35. The Morgan fingerprint density at radius 3 is 2.19 bits per heavy atom. The molecule has 122 valence electrons. The third kappa shape index (κ3) is 6.87. The number of alkyl halides is 6. The van der Waals surface area contributed by atoms with Gasteiger partial charge in [0.1, 0.15) is 11.8 Å². The van der Waals surface area contributed by atoms with Crippen LogP contribution in [0.4, 0.5) is 26.3 Å². The fourth-order valence-corrected chi connectivity index (χ4v) is 1.43. The Hall–Kier alpha value is -1.19. The number of aliphatic hydroxyl groups excluding tert-OH is 1. The van der Waals surface area contributed by atoms with E-state index in [0.29, 0.717) is 0 Å². The Bertz CT molecular complexity index is 451. The predicted octanol–water partition coefficient (Wildman–Crippen LogP) is 3.32. The molecule has 0 bridgehead atoms. The van der Waals surface area contributed by atoms with Crippen molar-refractivity contribution in [2.24, 2.45) is 5.73 Å². The fraction of sp³-hybridized carbons (Fsp3) is 0.455. The smallest absolute Gasteiger partial charge is 0.406 e. The molecule has 3 nitrogen and oxygen atoms in total. The van der Waals surface area contributed by atoms with Gasteiger partial charge in [0, 0.05) is 6.42 Å². The molecular weight excluding hydrogens is 328 g/mol. The van der Waals surface area contributed by atoms with E-state index in [0.717, 1.165) is 18.2 Å². The van der Waals surface area contributed by atoms with E-state index in [4.69, 9.17) is 5.73 Å². The van der Waals surface area contributed by atoms with Crippen LogP contribution in [0, 0.1) is 0 Å². The van der Waals surface area contributed by atoms with Crippen molar-refractivity contribution in [3.05, 3.63) is 29.8 Å². The standard InChI is InChI=1S/C11H11F6NO2.ClH/c12-10(13,14)9(18)5-8(19)6-2-1-3-7(4-6)20-11(15,16)17;/h1-4,8-9,19H,5,18H2;1H/t8-,9-;/m1./s1. The molecule has 0 aliphatic heterocycles. The molecule has 1 rings (SSSR count). The molecule has 0 aromatic heterocycles. The van der Waals surface area contributed by atoms with Gasteiger partial charge in [0.05, 0.1) is 6.10 Å². The number of nitrogens with two attached hydrogens (primary N) is 1. The highest BCUT2D eigenvalue weighted by molar-refractivity contribution is 5.85. The van der Waals surface area contributed by atoms with Gasteiger partial charge in [-0.15, -0.1) is 25.6 Å². The number of hydrogen-bond acceptors (Lipinski definition) is 3. The largest absolute Gasteiger partial charge is 0.573 e. The van der Waals surface area contributed by atoms with E-state index >= 15 is 0 Å². The second kappa shape index (κ2) is 7.19. The first kappa shape index (κ1) is 19.8. The van der Waals surface area contributed by atoms with Gasteiger partial charge in [0.2, 0.25) is 0 Å². The average Bonchev–Trinajstić information content (AvgIpc) is 2.25. The third-order valence-corrected chi connectivity index (χ3v) is 2.37. The van der Waals surface area contributed by atoms with Crippen LogP contribution in [0.25, 0.3) is 0 Å². The summed E-state index contributed by atoms with van der Waals surface area (Å²) in [4.78, 5) is 0. The van der Waals surface area contributed by atoms with E-state index in [1.54, 1.807) is 0 Å². The summed E-state index contributed by atoms with van der Waals surface area (Å²) in [5.41, 5.74) is 4.69. The lowest BCUT2D eigenvalue weighted by Crippen LogP contribution is -2.38. The monoisotopic (exact) mass is 339 g/mol. The minimum atomic E-state index is -4.92. The van der Waals surface area contributed by atoms with Crippen molar-refractivity contribution in [2.45, 2.75) is 31.1 Å². The summed E-state index contributed by atoms with van der Waals surface area (Å²) in [6.07, 6.45) is -12.1. The molecule has 3 N–H and O–H groups in total. The Balaban J connectivity index is 0.00000400. The first-order chi connectivity index (χ1) is 8.99. The molecule has 0 fully saturated rings. The predicted molar refractivity (Wildman–Crippen MR) is 64.0 cm³/mol. The zero-order valence-electron chi connectivity index (χ0n) is 10.3. The van der Waals surface area contributed by atoms with Gasteiger partial charge < -0.3 is 15.6 Å². The second-order valence-electron chi connectivity index (χ2n) is 4.02. The van der Waals surface area contributed by atoms with E-state index < -0.39 is 36.9 Å². The van der Waals surface area contributed by atoms with Crippen molar-refractivity contribution in [1.29, 1.82) is 0 Å². The number of hydrogen-bond donors (Lipinski definition) is 2. The highest BCUT2D eigenvalue weighted by atomic mass is 35.5. The van der Waals surface area contributed by atoms with Gasteiger partial charge in [-0.2, -0.15) is 13.2 Å². The summed E-state index contributed by atoms with van der Waals surface area (Å²) in [6, 6.07) is 1.80. The van der Waals surface area contributed by atoms with E-state index in [2.05, 4.69) is 4.74 Å². The van der Waals surface area contributed by atoms with Crippen LogP contribution in [-0.2, 0) is 0 Å². The van der Waals surface area contributed by atoms with Crippen LogP contribution >= 0.6 is 12.4 Å². The number of aliphatic hydroxyl groups is 1. The Morgan fingerprint density at radius 2 is 1.71 bits per heavy atom. The highest BCUT2D eigenvalue weighted by Gasteiger charge is 2.38. The van der Waals surface area contributed by atoms with E-state index in [9.17, 15) is 31.4 Å². The van der Waals surface area contributed by atoms with Gasteiger partial charge in [-0.25, -0.2) is 0 Å². The summed E-state index contributed by atoms with van der Waals surface area (Å²) < 4.78 is 76.2. The molecule has 10 heteroatoms. The maximum absolute atomic E-state index is 12.2. The van der Waals surface area contributed by atoms with Crippen LogP contribution < -0.4 is 10.5 Å². The van der Waals surface area contributed by atoms with Gasteiger partial charge in [-0.05, 0) is 17.7 Å². The molecule has 1 aromatic rings. The van der Waals surface area contributed by atoms with Gasteiger partial charge in [0.15, 0.2) is 0 Å². The van der Waals surface area contributed by atoms with Crippen molar-refractivity contribution in [3.63, 3.8) is 0 Å². The van der Waals surface area contributed by atoms with Crippen LogP contribution in [0.1, 0.15) is 18.1 Å². The maximum atomic E-state index is 12.2. The zero-order valence-corrected chi connectivity index (χ0v) is 11.1. The molecular formula is C11H12ClF6NO2. The van der Waals surface area contributed by atoms with Crippen molar-refractivity contribution >= 4 is 12.4 Å². The van der Waals surface area contributed by atoms with Crippen LogP contribution in [0.5, 0.6) is 5.75 Å². The molecule has 0 saturated heterocycles.